The molecule has 0 saturated carbocycles. The molecule has 0 bridgehead atoms. The second-order valence-corrected chi connectivity index (χ2v) is 15.5. The van der Waals surface area contributed by atoms with E-state index in [1.165, 1.54) is 32.7 Å². The van der Waals surface area contributed by atoms with Crippen molar-refractivity contribution in [3.63, 3.8) is 0 Å². The number of aromatic nitrogens is 4. The number of nitrogens with zero attached hydrogens (tertiary/aromatic N) is 4. The second-order valence-electron chi connectivity index (χ2n) is 15.5. The summed E-state index contributed by atoms with van der Waals surface area (Å²) in [5.41, 5.74) is 7.90. The Morgan fingerprint density at radius 2 is 1.00 bits per heavy atom. The van der Waals surface area contributed by atoms with Crippen molar-refractivity contribution in [3.8, 4) is 39.9 Å². The van der Waals surface area contributed by atoms with Gasteiger partial charge in [-0.1, -0.05) is 170 Å². The summed E-state index contributed by atoms with van der Waals surface area (Å²) in [6, 6.07) is 68.5. The molecule has 0 aliphatic rings. The fourth-order valence-corrected chi connectivity index (χ4v) is 9.50. The van der Waals surface area contributed by atoms with Gasteiger partial charge in [0.15, 0.2) is 11.6 Å². The van der Waals surface area contributed by atoms with Gasteiger partial charge in [-0.15, -0.1) is 0 Å². The summed E-state index contributed by atoms with van der Waals surface area (Å²) in [6.07, 6.45) is 0. The summed E-state index contributed by atoms with van der Waals surface area (Å²) < 4.78 is 8.92. The maximum atomic E-state index is 6.67. The SMILES string of the molecule is c1ccc(-c2cccc3cc(-c4nc(-c5cccc6oc7c8ccccc8ccc7c56)nc(-n5c6ccc7ccccc7c6c6ccc7ccccc7c65)n4)ccc23)cc1. The molecular formula is C55H32N4O. The topological polar surface area (TPSA) is 56.7 Å². The van der Waals surface area contributed by atoms with E-state index >= 15 is 0 Å². The molecule has 3 aromatic heterocycles. The van der Waals surface area contributed by atoms with Gasteiger partial charge in [-0.2, -0.15) is 9.97 Å². The third-order valence-corrected chi connectivity index (χ3v) is 12.2. The van der Waals surface area contributed by atoms with Crippen LogP contribution in [0.4, 0.5) is 0 Å². The minimum absolute atomic E-state index is 0.551. The zero-order chi connectivity index (χ0) is 39.3. The van der Waals surface area contributed by atoms with E-state index in [1.54, 1.807) is 0 Å². The van der Waals surface area contributed by atoms with Crippen molar-refractivity contribution in [2.24, 2.45) is 0 Å². The highest BCUT2D eigenvalue weighted by atomic mass is 16.3. The molecule has 0 spiro atoms. The molecule has 0 amide bonds. The van der Waals surface area contributed by atoms with Crippen LogP contribution in [0.3, 0.4) is 0 Å². The number of hydrogen-bond acceptors (Lipinski definition) is 4. The number of fused-ring (bicyclic) bond motifs is 13. The molecule has 13 aromatic rings. The van der Waals surface area contributed by atoms with Crippen LogP contribution in [-0.2, 0) is 0 Å². The van der Waals surface area contributed by atoms with E-state index < -0.39 is 0 Å². The van der Waals surface area contributed by atoms with Gasteiger partial charge in [-0.25, -0.2) is 4.98 Å². The van der Waals surface area contributed by atoms with Crippen molar-refractivity contribution in [2.75, 3.05) is 0 Å². The Labute approximate surface area is 343 Å². The molecule has 0 radical (unpaired) electrons. The average molecular weight is 765 g/mol. The molecule has 10 aromatic carbocycles. The van der Waals surface area contributed by atoms with E-state index in [4.69, 9.17) is 19.4 Å². The molecule has 5 nitrogen and oxygen atoms in total. The quantitative estimate of drug-likeness (QED) is 0.179. The summed E-state index contributed by atoms with van der Waals surface area (Å²) in [5.74, 6) is 1.72. The van der Waals surface area contributed by atoms with Crippen LogP contribution in [0.15, 0.2) is 199 Å². The maximum absolute atomic E-state index is 6.67. The molecular weight excluding hydrogens is 733 g/mol. The van der Waals surface area contributed by atoms with Gasteiger partial charge >= 0.3 is 0 Å². The Bertz CT molecular complexity index is 3900. The largest absolute Gasteiger partial charge is 0.455 e. The van der Waals surface area contributed by atoms with Gasteiger partial charge in [0.25, 0.3) is 0 Å². The molecule has 0 N–H and O–H groups in total. The molecule has 0 saturated heterocycles. The van der Waals surface area contributed by atoms with E-state index in [0.717, 1.165) is 76.4 Å². The minimum atomic E-state index is 0.551. The molecule has 13 rings (SSSR count). The normalized spacial score (nSPS) is 12.0. The number of hydrogen-bond donors (Lipinski definition) is 0. The number of furan rings is 1. The summed E-state index contributed by atoms with van der Waals surface area (Å²) in [5, 5.41) is 13.5. The summed E-state index contributed by atoms with van der Waals surface area (Å²) >= 11 is 0. The summed E-state index contributed by atoms with van der Waals surface area (Å²) in [6.45, 7) is 0. The lowest BCUT2D eigenvalue weighted by molar-refractivity contribution is 0.672. The van der Waals surface area contributed by atoms with Gasteiger partial charge < -0.3 is 4.42 Å². The van der Waals surface area contributed by atoms with Crippen molar-refractivity contribution in [1.29, 1.82) is 0 Å². The first-order valence-electron chi connectivity index (χ1n) is 20.3. The van der Waals surface area contributed by atoms with Gasteiger partial charge in [0.05, 0.1) is 11.0 Å². The lowest BCUT2D eigenvalue weighted by Gasteiger charge is -2.13. The highest BCUT2D eigenvalue weighted by Crippen LogP contribution is 2.42. The third kappa shape index (κ3) is 4.84. The highest BCUT2D eigenvalue weighted by molar-refractivity contribution is 6.26. The molecule has 0 atom stereocenters. The Balaban J connectivity index is 1.14. The van der Waals surface area contributed by atoms with Crippen LogP contribution < -0.4 is 0 Å². The van der Waals surface area contributed by atoms with E-state index in [0.29, 0.717) is 17.6 Å². The lowest BCUT2D eigenvalue weighted by atomic mass is 9.97. The Morgan fingerprint density at radius 1 is 0.367 bits per heavy atom. The lowest BCUT2D eigenvalue weighted by Crippen LogP contribution is -2.07. The van der Waals surface area contributed by atoms with Gasteiger partial charge in [0.2, 0.25) is 5.95 Å². The van der Waals surface area contributed by atoms with Crippen LogP contribution in [0.5, 0.6) is 0 Å². The van der Waals surface area contributed by atoms with Crippen LogP contribution in [0.1, 0.15) is 0 Å². The van der Waals surface area contributed by atoms with E-state index in [1.807, 2.05) is 12.1 Å². The van der Waals surface area contributed by atoms with Crippen LogP contribution >= 0.6 is 0 Å². The first kappa shape index (κ1) is 32.9. The standard InChI is InChI=1S/C55H32N4O/c1-2-12-33(13-3-1)39-21-10-17-37-32-38(26-28-40(37)39)53-56-54(46-22-11-23-48-50(46)45-30-25-36-16-6-9-20-43(36)52(45)60-48)58-55(57-53)59-47-31-27-34-14-4-7-18-41(34)49(47)44-29-24-35-15-5-8-19-42(35)51(44)59/h1-32H. The molecule has 5 heteroatoms. The Hall–Kier alpha value is -8.15. The number of benzene rings is 10. The van der Waals surface area contributed by atoms with Crippen LogP contribution in [0.2, 0.25) is 0 Å². The van der Waals surface area contributed by atoms with Crippen molar-refractivity contribution in [2.45, 2.75) is 0 Å². The molecule has 0 aliphatic heterocycles. The highest BCUT2D eigenvalue weighted by Gasteiger charge is 2.23. The van der Waals surface area contributed by atoms with Gasteiger partial charge in [-0.05, 0) is 67.7 Å². The average Bonchev–Trinajstić information content (AvgIpc) is 3.88. The zero-order valence-corrected chi connectivity index (χ0v) is 32.2. The van der Waals surface area contributed by atoms with Crippen LogP contribution in [-0.4, -0.2) is 19.5 Å². The summed E-state index contributed by atoms with van der Waals surface area (Å²) in [7, 11) is 0. The fraction of sp³-hybridized carbons (Fsp3) is 0. The minimum Gasteiger partial charge on any atom is -0.455 e. The fourth-order valence-electron chi connectivity index (χ4n) is 9.50. The molecule has 60 heavy (non-hydrogen) atoms. The molecule has 278 valence electrons. The van der Waals surface area contributed by atoms with E-state index in [9.17, 15) is 0 Å². The van der Waals surface area contributed by atoms with Gasteiger partial charge in [0.1, 0.15) is 11.2 Å². The van der Waals surface area contributed by atoms with Crippen LogP contribution in [0, 0.1) is 0 Å². The smallest absolute Gasteiger partial charge is 0.238 e. The zero-order valence-electron chi connectivity index (χ0n) is 32.2. The van der Waals surface area contributed by atoms with Gasteiger partial charge in [-0.3, -0.25) is 4.57 Å². The predicted molar refractivity (Wildman–Crippen MR) is 248 cm³/mol. The molecule has 0 fully saturated rings. The van der Waals surface area contributed by atoms with Gasteiger partial charge in [0, 0.05) is 43.4 Å². The van der Waals surface area contributed by atoms with Crippen LogP contribution in [0.25, 0.3) is 127 Å². The molecule has 0 unspecified atom stereocenters. The molecule has 0 aliphatic carbocycles. The first-order valence-corrected chi connectivity index (χ1v) is 20.3. The third-order valence-electron chi connectivity index (χ3n) is 12.2. The van der Waals surface area contributed by atoms with Crippen molar-refractivity contribution >= 4 is 86.8 Å². The summed E-state index contributed by atoms with van der Waals surface area (Å²) in [4.78, 5) is 16.3. The first-order chi connectivity index (χ1) is 29.7. The monoisotopic (exact) mass is 764 g/mol. The van der Waals surface area contributed by atoms with Crippen molar-refractivity contribution in [3.05, 3.63) is 194 Å². The van der Waals surface area contributed by atoms with E-state index in [2.05, 4.69) is 187 Å². The molecule has 3 heterocycles. The predicted octanol–water partition coefficient (Wildman–Crippen LogP) is 14.5. The maximum Gasteiger partial charge on any atom is 0.238 e. The van der Waals surface area contributed by atoms with Crippen molar-refractivity contribution in [1.82, 2.24) is 19.5 Å². The number of rotatable bonds is 4. The Kier molecular flexibility index (Phi) is 6.95. The van der Waals surface area contributed by atoms with E-state index in [-0.39, 0.29) is 0 Å². The van der Waals surface area contributed by atoms with Crippen molar-refractivity contribution < 1.29 is 4.42 Å². The second kappa shape index (κ2) is 12.7. The Morgan fingerprint density at radius 3 is 1.85 bits per heavy atom.